The molecule has 1 aromatic rings. The van der Waals surface area contributed by atoms with Gasteiger partial charge in [0.1, 0.15) is 0 Å². The van der Waals surface area contributed by atoms with Crippen molar-refractivity contribution in [1.29, 1.82) is 0 Å². The fraction of sp³-hybridized carbons (Fsp3) is 0.538. The molecule has 0 heterocycles. The molecule has 0 atom stereocenters. The van der Waals surface area contributed by atoms with Gasteiger partial charge in [-0.2, -0.15) is 0 Å². The van der Waals surface area contributed by atoms with Gasteiger partial charge in [0, 0.05) is 29.1 Å². The molecule has 0 fully saturated rings. The Morgan fingerprint density at radius 3 is 2.56 bits per heavy atom. The highest BCUT2D eigenvalue weighted by molar-refractivity contribution is 9.10. The minimum Gasteiger partial charge on any atom is -0.371 e. The van der Waals surface area contributed by atoms with E-state index in [9.17, 15) is 0 Å². The lowest BCUT2D eigenvalue weighted by molar-refractivity contribution is 0.618. The third kappa shape index (κ3) is 3.67. The smallest absolute Gasteiger partial charge is 0.0494 e. The maximum atomic E-state index is 5.99. The number of rotatable bonds is 5. The molecule has 0 bridgehead atoms. The predicted molar refractivity (Wildman–Crippen MR) is 76.4 cm³/mol. The van der Waals surface area contributed by atoms with Crippen molar-refractivity contribution in [2.24, 2.45) is 5.92 Å². The summed E-state index contributed by atoms with van der Waals surface area (Å²) < 4.78 is 1.09. The molecule has 0 radical (unpaired) electrons. The van der Waals surface area contributed by atoms with E-state index in [2.05, 4.69) is 59.8 Å². The van der Waals surface area contributed by atoms with E-state index in [-0.39, 0.29) is 0 Å². The third-order valence-electron chi connectivity index (χ3n) is 2.49. The van der Waals surface area contributed by atoms with Crippen molar-refractivity contribution in [3.63, 3.8) is 0 Å². The molecule has 0 aliphatic heterocycles. The summed E-state index contributed by atoms with van der Waals surface area (Å²) in [7, 11) is 0. The lowest BCUT2D eigenvalue weighted by Gasteiger charge is -2.27. The van der Waals surface area contributed by atoms with E-state index in [1.165, 1.54) is 11.3 Å². The molecule has 3 heteroatoms. The lowest BCUT2D eigenvalue weighted by Crippen LogP contribution is -2.28. The first-order chi connectivity index (χ1) is 7.58. The highest BCUT2D eigenvalue weighted by Crippen LogP contribution is 2.26. The third-order valence-corrected chi connectivity index (χ3v) is 3.27. The minimum absolute atomic E-state index is 0.559. The highest BCUT2D eigenvalue weighted by Gasteiger charge is 2.10. The van der Waals surface area contributed by atoms with E-state index < -0.39 is 0 Å². The molecule has 1 rings (SSSR count). The molecule has 0 saturated carbocycles. The van der Waals surface area contributed by atoms with Crippen LogP contribution in [0.25, 0.3) is 0 Å². The van der Waals surface area contributed by atoms with Gasteiger partial charge < -0.3 is 4.90 Å². The zero-order chi connectivity index (χ0) is 12.1. The summed E-state index contributed by atoms with van der Waals surface area (Å²) in [5.41, 5.74) is 2.45. The number of hydrogen-bond acceptors (Lipinski definition) is 1. The Hall–Kier alpha value is -0.210. The van der Waals surface area contributed by atoms with Crippen molar-refractivity contribution in [3.8, 4) is 0 Å². The molecule has 90 valence electrons. The molecule has 16 heavy (non-hydrogen) atoms. The van der Waals surface area contributed by atoms with Crippen LogP contribution in [0.1, 0.15) is 26.3 Å². The Labute approximate surface area is 112 Å². The van der Waals surface area contributed by atoms with Crippen LogP contribution in [0.4, 0.5) is 5.69 Å². The van der Waals surface area contributed by atoms with Gasteiger partial charge in [0.05, 0.1) is 0 Å². The van der Waals surface area contributed by atoms with Gasteiger partial charge in [0.15, 0.2) is 0 Å². The van der Waals surface area contributed by atoms with Gasteiger partial charge in [-0.1, -0.05) is 29.8 Å². The van der Waals surface area contributed by atoms with Crippen LogP contribution >= 0.6 is 27.5 Å². The maximum absolute atomic E-state index is 5.99. The van der Waals surface area contributed by atoms with Gasteiger partial charge in [-0.05, 0) is 36.6 Å². The first-order valence-corrected chi connectivity index (χ1v) is 7.00. The normalized spacial score (nSPS) is 10.9. The van der Waals surface area contributed by atoms with Gasteiger partial charge in [-0.25, -0.2) is 0 Å². The van der Waals surface area contributed by atoms with Crippen molar-refractivity contribution in [2.45, 2.75) is 26.7 Å². The Morgan fingerprint density at radius 1 is 1.38 bits per heavy atom. The van der Waals surface area contributed by atoms with E-state index in [1.807, 2.05) is 0 Å². The fourth-order valence-electron chi connectivity index (χ4n) is 1.81. The summed E-state index contributed by atoms with van der Waals surface area (Å²) in [4.78, 5) is 2.38. The van der Waals surface area contributed by atoms with E-state index >= 15 is 0 Å². The Kier molecular flexibility index (Phi) is 5.63. The lowest BCUT2D eigenvalue weighted by atomic mass is 10.1. The number of hydrogen-bond donors (Lipinski definition) is 0. The highest BCUT2D eigenvalue weighted by atomic mass is 79.9. The summed E-state index contributed by atoms with van der Waals surface area (Å²) in [6.45, 7) is 8.75. The quantitative estimate of drug-likeness (QED) is 0.715. The standard InChI is InChI=1S/C13H19BrClN/c1-4-16(9-10(2)3)13-6-5-12(14)7-11(13)8-15/h5-7,10H,4,8-9H2,1-3H3. The topological polar surface area (TPSA) is 3.24 Å². The van der Waals surface area contributed by atoms with Crippen molar-refractivity contribution < 1.29 is 0 Å². The molecule has 0 saturated heterocycles. The second-order valence-electron chi connectivity index (χ2n) is 4.34. The number of anilines is 1. The SMILES string of the molecule is CCN(CC(C)C)c1ccc(Br)cc1CCl. The van der Waals surface area contributed by atoms with Crippen LogP contribution < -0.4 is 4.90 Å². The van der Waals surface area contributed by atoms with Crippen LogP contribution in [-0.4, -0.2) is 13.1 Å². The molecule has 0 aliphatic rings. The van der Waals surface area contributed by atoms with Crippen LogP contribution in [0.3, 0.4) is 0 Å². The van der Waals surface area contributed by atoms with Crippen LogP contribution in [0.5, 0.6) is 0 Å². The number of benzene rings is 1. The van der Waals surface area contributed by atoms with Crippen LogP contribution in [0.2, 0.25) is 0 Å². The minimum atomic E-state index is 0.559. The Morgan fingerprint density at radius 2 is 2.06 bits per heavy atom. The van der Waals surface area contributed by atoms with E-state index in [1.54, 1.807) is 0 Å². The van der Waals surface area contributed by atoms with E-state index in [0.29, 0.717) is 11.8 Å². The molecule has 0 aromatic heterocycles. The molecule has 0 unspecified atom stereocenters. The molecule has 0 aliphatic carbocycles. The summed E-state index contributed by atoms with van der Waals surface area (Å²) in [5.74, 6) is 1.22. The zero-order valence-electron chi connectivity index (χ0n) is 10.1. The van der Waals surface area contributed by atoms with Crippen LogP contribution in [-0.2, 0) is 5.88 Å². The largest absolute Gasteiger partial charge is 0.371 e. The first-order valence-electron chi connectivity index (χ1n) is 5.67. The summed E-state index contributed by atoms with van der Waals surface area (Å²) in [5, 5.41) is 0. The van der Waals surface area contributed by atoms with Crippen LogP contribution in [0.15, 0.2) is 22.7 Å². The molecule has 1 aromatic carbocycles. The van der Waals surface area contributed by atoms with Crippen molar-refractivity contribution in [1.82, 2.24) is 0 Å². The number of halogens is 2. The molecule has 0 N–H and O–H groups in total. The molecule has 1 nitrogen and oxygen atoms in total. The van der Waals surface area contributed by atoms with Crippen LogP contribution in [0, 0.1) is 5.92 Å². The van der Waals surface area contributed by atoms with E-state index in [0.717, 1.165) is 17.6 Å². The summed E-state index contributed by atoms with van der Waals surface area (Å²) >= 11 is 9.48. The van der Waals surface area contributed by atoms with Gasteiger partial charge in [0.2, 0.25) is 0 Å². The average Bonchev–Trinajstić information content (AvgIpc) is 2.25. The Bertz CT molecular complexity index is 339. The fourth-order valence-corrected chi connectivity index (χ4v) is 2.43. The second-order valence-corrected chi connectivity index (χ2v) is 5.52. The Balaban J connectivity index is 2.99. The zero-order valence-corrected chi connectivity index (χ0v) is 12.5. The molecule has 0 spiro atoms. The van der Waals surface area contributed by atoms with Gasteiger partial charge >= 0.3 is 0 Å². The monoisotopic (exact) mass is 303 g/mol. The predicted octanol–water partition coefficient (Wildman–Crippen LogP) is 4.67. The maximum Gasteiger partial charge on any atom is 0.0494 e. The van der Waals surface area contributed by atoms with Gasteiger partial charge in [0.25, 0.3) is 0 Å². The van der Waals surface area contributed by atoms with E-state index in [4.69, 9.17) is 11.6 Å². The van der Waals surface area contributed by atoms with Gasteiger partial charge in [-0.3, -0.25) is 0 Å². The molecular weight excluding hydrogens is 286 g/mol. The molecule has 0 amide bonds. The van der Waals surface area contributed by atoms with Crippen molar-refractivity contribution >= 4 is 33.2 Å². The average molecular weight is 305 g/mol. The van der Waals surface area contributed by atoms with Gasteiger partial charge in [-0.15, -0.1) is 11.6 Å². The number of alkyl halides is 1. The summed E-state index contributed by atoms with van der Waals surface area (Å²) in [6.07, 6.45) is 0. The summed E-state index contributed by atoms with van der Waals surface area (Å²) in [6, 6.07) is 6.33. The number of nitrogens with zero attached hydrogens (tertiary/aromatic N) is 1. The first kappa shape index (κ1) is 13.9. The van der Waals surface area contributed by atoms with Crippen molar-refractivity contribution in [3.05, 3.63) is 28.2 Å². The molecular formula is C13H19BrClN. The van der Waals surface area contributed by atoms with Crippen molar-refractivity contribution in [2.75, 3.05) is 18.0 Å². The second kappa shape index (κ2) is 6.51.